The van der Waals surface area contributed by atoms with Gasteiger partial charge in [-0.15, -0.1) is 12.4 Å². The summed E-state index contributed by atoms with van der Waals surface area (Å²) in [6, 6.07) is 8.11. The molecule has 2 fully saturated rings. The molecule has 0 atom stereocenters. The van der Waals surface area contributed by atoms with Crippen molar-refractivity contribution >= 4 is 18.3 Å². The van der Waals surface area contributed by atoms with E-state index in [2.05, 4.69) is 29.3 Å². The van der Waals surface area contributed by atoms with Crippen LogP contribution in [-0.2, 0) is 6.42 Å². The highest BCUT2D eigenvalue weighted by atomic mass is 35.5. The maximum absolute atomic E-state index is 12.6. The van der Waals surface area contributed by atoms with E-state index in [1.54, 1.807) is 0 Å². The standard InChI is InChI=1S/C17H24N2O.ClH/c1-2-14-3-5-15(6-4-14)16(20)19-12-9-17(13-19)7-10-18-11-8-17;/h3-6,18H,2,7-13H2,1H3;1H. The number of nitrogens with zero attached hydrogens (tertiary/aromatic N) is 1. The van der Waals surface area contributed by atoms with Crippen LogP contribution in [0.4, 0.5) is 0 Å². The van der Waals surface area contributed by atoms with Crippen LogP contribution in [-0.4, -0.2) is 37.0 Å². The minimum Gasteiger partial charge on any atom is -0.338 e. The molecule has 1 amide bonds. The number of benzene rings is 1. The van der Waals surface area contributed by atoms with Gasteiger partial charge in [-0.1, -0.05) is 19.1 Å². The van der Waals surface area contributed by atoms with E-state index in [-0.39, 0.29) is 18.3 Å². The van der Waals surface area contributed by atoms with E-state index in [1.807, 2.05) is 12.1 Å². The third-order valence-electron chi connectivity index (χ3n) is 5.00. The van der Waals surface area contributed by atoms with Crippen LogP contribution in [0.25, 0.3) is 0 Å². The van der Waals surface area contributed by atoms with Crippen LogP contribution in [0.1, 0.15) is 42.1 Å². The summed E-state index contributed by atoms with van der Waals surface area (Å²) in [6.45, 7) is 6.22. The predicted molar refractivity (Wildman–Crippen MR) is 88.1 cm³/mol. The van der Waals surface area contributed by atoms with Crippen LogP contribution < -0.4 is 5.32 Å². The number of hydrogen-bond donors (Lipinski definition) is 1. The Hall–Kier alpha value is -1.06. The van der Waals surface area contributed by atoms with Gasteiger partial charge in [-0.3, -0.25) is 4.79 Å². The van der Waals surface area contributed by atoms with Crippen molar-refractivity contribution in [1.29, 1.82) is 0 Å². The molecule has 3 rings (SSSR count). The van der Waals surface area contributed by atoms with Crippen LogP contribution in [0.15, 0.2) is 24.3 Å². The van der Waals surface area contributed by atoms with E-state index < -0.39 is 0 Å². The first-order valence-electron chi connectivity index (χ1n) is 7.81. The number of nitrogens with one attached hydrogen (secondary N) is 1. The maximum atomic E-state index is 12.6. The Bertz CT molecular complexity index is 480. The molecule has 0 radical (unpaired) electrons. The van der Waals surface area contributed by atoms with Gasteiger partial charge in [0.1, 0.15) is 0 Å². The molecule has 0 bridgehead atoms. The minimum absolute atomic E-state index is 0. The van der Waals surface area contributed by atoms with E-state index in [0.717, 1.165) is 38.2 Å². The van der Waals surface area contributed by atoms with Crippen molar-refractivity contribution in [3.63, 3.8) is 0 Å². The zero-order valence-corrected chi connectivity index (χ0v) is 13.5. The highest BCUT2D eigenvalue weighted by molar-refractivity contribution is 5.94. The number of aryl methyl sites for hydroxylation is 1. The molecule has 2 aliphatic heterocycles. The Morgan fingerprint density at radius 2 is 1.86 bits per heavy atom. The van der Waals surface area contributed by atoms with E-state index in [4.69, 9.17) is 0 Å². The quantitative estimate of drug-likeness (QED) is 0.911. The van der Waals surface area contributed by atoms with Crippen molar-refractivity contribution in [2.75, 3.05) is 26.2 Å². The zero-order chi connectivity index (χ0) is 14.0. The number of piperidine rings is 1. The lowest BCUT2D eigenvalue weighted by molar-refractivity contribution is 0.0762. The van der Waals surface area contributed by atoms with Gasteiger partial charge in [0.05, 0.1) is 0 Å². The van der Waals surface area contributed by atoms with Crippen molar-refractivity contribution < 1.29 is 4.79 Å². The summed E-state index contributed by atoms with van der Waals surface area (Å²) in [5, 5.41) is 3.42. The van der Waals surface area contributed by atoms with E-state index in [0.29, 0.717) is 5.41 Å². The molecule has 1 aromatic rings. The highest BCUT2D eigenvalue weighted by Crippen LogP contribution is 2.38. The summed E-state index contributed by atoms with van der Waals surface area (Å²) in [5.74, 6) is 0.211. The van der Waals surface area contributed by atoms with Gasteiger partial charge in [-0.25, -0.2) is 0 Å². The summed E-state index contributed by atoms with van der Waals surface area (Å²) < 4.78 is 0. The number of rotatable bonds is 2. The molecule has 4 heteroatoms. The van der Waals surface area contributed by atoms with Crippen LogP contribution >= 0.6 is 12.4 Å². The normalized spacial score (nSPS) is 20.3. The zero-order valence-electron chi connectivity index (χ0n) is 12.7. The summed E-state index contributed by atoms with van der Waals surface area (Å²) in [5.41, 5.74) is 2.52. The number of likely N-dealkylation sites (tertiary alicyclic amines) is 1. The average molecular weight is 309 g/mol. The third-order valence-corrected chi connectivity index (χ3v) is 5.00. The lowest BCUT2D eigenvalue weighted by Crippen LogP contribution is -2.39. The van der Waals surface area contributed by atoms with E-state index in [9.17, 15) is 4.79 Å². The second-order valence-corrected chi connectivity index (χ2v) is 6.28. The topological polar surface area (TPSA) is 32.3 Å². The number of carbonyl (C=O) groups is 1. The fourth-order valence-electron chi connectivity index (χ4n) is 3.54. The van der Waals surface area contributed by atoms with Crippen LogP contribution in [0, 0.1) is 5.41 Å². The fourth-order valence-corrected chi connectivity index (χ4v) is 3.54. The average Bonchev–Trinajstić information content (AvgIpc) is 2.91. The molecular formula is C17H25ClN2O. The molecule has 2 heterocycles. The first-order chi connectivity index (χ1) is 9.72. The van der Waals surface area contributed by atoms with E-state index in [1.165, 1.54) is 24.8 Å². The number of hydrogen-bond acceptors (Lipinski definition) is 2. The Balaban J connectivity index is 0.00000161. The largest absolute Gasteiger partial charge is 0.338 e. The molecular weight excluding hydrogens is 284 g/mol. The van der Waals surface area contributed by atoms with Gasteiger partial charge in [0.2, 0.25) is 0 Å². The van der Waals surface area contributed by atoms with Crippen molar-refractivity contribution in [3.05, 3.63) is 35.4 Å². The highest BCUT2D eigenvalue weighted by Gasteiger charge is 2.40. The van der Waals surface area contributed by atoms with Gasteiger partial charge in [0.15, 0.2) is 0 Å². The lowest BCUT2D eigenvalue weighted by atomic mass is 9.78. The SMILES string of the molecule is CCc1ccc(C(=O)N2CCC3(CCNCC3)C2)cc1.Cl. The second kappa shape index (κ2) is 6.80. The molecule has 3 nitrogen and oxygen atoms in total. The minimum atomic E-state index is 0. The van der Waals surface area contributed by atoms with Crippen molar-refractivity contribution in [2.24, 2.45) is 5.41 Å². The van der Waals surface area contributed by atoms with Gasteiger partial charge in [0, 0.05) is 18.7 Å². The monoisotopic (exact) mass is 308 g/mol. The molecule has 1 aromatic carbocycles. The molecule has 0 aromatic heterocycles. The molecule has 116 valence electrons. The first-order valence-corrected chi connectivity index (χ1v) is 7.81. The molecule has 2 aliphatic rings. The van der Waals surface area contributed by atoms with Crippen LogP contribution in [0.3, 0.4) is 0 Å². The number of carbonyl (C=O) groups excluding carboxylic acids is 1. The van der Waals surface area contributed by atoms with Crippen molar-refractivity contribution in [1.82, 2.24) is 10.2 Å². The van der Waals surface area contributed by atoms with Gasteiger partial charge in [-0.2, -0.15) is 0 Å². The maximum Gasteiger partial charge on any atom is 0.253 e. The Kier molecular flexibility index (Phi) is 5.28. The Labute approximate surface area is 133 Å². The molecule has 1 N–H and O–H groups in total. The number of amides is 1. The molecule has 1 spiro atoms. The van der Waals surface area contributed by atoms with Crippen molar-refractivity contribution in [2.45, 2.75) is 32.6 Å². The first kappa shape index (κ1) is 16.3. The van der Waals surface area contributed by atoms with Gasteiger partial charge in [0.25, 0.3) is 5.91 Å². The predicted octanol–water partition coefficient (Wildman–Crippen LogP) is 2.89. The van der Waals surface area contributed by atoms with Crippen LogP contribution in [0.2, 0.25) is 0 Å². The lowest BCUT2D eigenvalue weighted by Gasteiger charge is -2.33. The Morgan fingerprint density at radius 3 is 2.48 bits per heavy atom. The smallest absolute Gasteiger partial charge is 0.253 e. The van der Waals surface area contributed by atoms with Crippen molar-refractivity contribution in [3.8, 4) is 0 Å². The summed E-state index contributed by atoms with van der Waals surface area (Å²) >= 11 is 0. The summed E-state index contributed by atoms with van der Waals surface area (Å²) in [4.78, 5) is 14.6. The van der Waals surface area contributed by atoms with Gasteiger partial charge < -0.3 is 10.2 Å². The van der Waals surface area contributed by atoms with Gasteiger partial charge in [-0.05, 0) is 61.9 Å². The second-order valence-electron chi connectivity index (χ2n) is 6.28. The molecule has 0 unspecified atom stereocenters. The summed E-state index contributed by atoms with van der Waals surface area (Å²) in [6.07, 6.45) is 4.62. The third kappa shape index (κ3) is 3.41. The summed E-state index contributed by atoms with van der Waals surface area (Å²) in [7, 11) is 0. The molecule has 21 heavy (non-hydrogen) atoms. The number of halogens is 1. The molecule has 0 saturated carbocycles. The van der Waals surface area contributed by atoms with E-state index >= 15 is 0 Å². The van der Waals surface area contributed by atoms with Gasteiger partial charge >= 0.3 is 0 Å². The Morgan fingerprint density at radius 1 is 1.19 bits per heavy atom. The van der Waals surface area contributed by atoms with Crippen LogP contribution in [0.5, 0.6) is 0 Å². The fraction of sp³-hybridized carbons (Fsp3) is 0.588. The molecule has 2 saturated heterocycles. The molecule has 0 aliphatic carbocycles.